The van der Waals surface area contributed by atoms with E-state index in [-0.39, 0.29) is 24.8 Å². The van der Waals surface area contributed by atoms with Gasteiger partial charge in [0.05, 0.1) is 5.75 Å². The number of halogens is 2. The van der Waals surface area contributed by atoms with Crippen LogP contribution in [0, 0.1) is 5.92 Å². The minimum absolute atomic E-state index is 0.0640. The lowest BCUT2D eigenvalue weighted by Crippen LogP contribution is -2.30. The molecule has 2 N–H and O–H groups in total. The van der Waals surface area contributed by atoms with Crippen molar-refractivity contribution in [3.8, 4) is 0 Å². The van der Waals surface area contributed by atoms with E-state index in [0.29, 0.717) is 15.6 Å². The van der Waals surface area contributed by atoms with Gasteiger partial charge in [0.1, 0.15) is 0 Å². The monoisotopic (exact) mass is 311 g/mol. The molecule has 0 saturated heterocycles. The van der Waals surface area contributed by atoms with Crippen LogP contribution in [-0.4, -0.2) is 26.7 Å². The quantitative estimate of drug-likeness (QED) is 0.845. The summed E-state index contributed by atoms with van der Waals surface area (Å²) in [6, 6.07) is 4.66. The van der Waals surface area contributed by atoms with Crippen LogP contribution in [0.4, 0.5) is 0 Å². The molecule has 18 heavy (non-hydrogen) atoms. The Morgan fingerprint density at radius 1 is 1.28 bits per heavy atom. The Labute approximate surface area is 117 Å². The van der Waals surface area contributed by atoms with Gasteiger partial charge in [-0.25, -0.2) is 13.1 Å². The van der Waals surface area contributed by atoms with Crippen LogP contribution in [-0.2, 0) is 15.8 Å². The summed E-state index contributed by atoms with van der Waals surface area (Å²) in [4.78, 5) is 0. The third-order valence-corrected chi connectivity index (χ3v) is 4.00. The van der Waals surface area contributed by atoms with Crippen molar-refractivity contribution < 1.29 is 13.5 Å². The summed E-state index contributed by atoms with van der Waals surface area (Å²) in [5.74, 6) is -0.312. The van der Waals surface area contributed by atoms with E-state index in [1.807, 2.05) is 0 Å². The Morgan fingerprint density at radius 2 is 1.83 bits per heavy atom. The molecule has 1 aromatic carbocycles. The van der Waals surface area contributed by atoms with Crippen LogP contribution in [0.3, 0.4) is 0 Å². The normalized spacial score (nSPS) is 13.6. The van der Waals surface area contributed by atoms with Crippen LogP contribution in [0.15, 0.2) is 18.2 Å². The fourth-order valence-corrected chi connectivity index (χ4v) is 3.12. The molecular weight excluding hydrogens is 297 g/mol. The number of aliphatic hydroxyl groups is 1. The standard InChI is InChI=1S/C11H15Cl2NO3S/c1-8(6-15)5-14-18(16,17)7-9-2-10(12)4-11(13)3-9/h2-4,8,14-15H,5-7H2,1H3. The summed E-state index contributed by atoms with van der Waals surface area (Å²) in [6.45, 7) is 1.89. The predicted molar refractivity (Wildman–Crippen MR) is 73.3 cm³/mol. The van der Waals surface area contributed by atoms with Gasteiger partial charge in [0.25, 0.3) is 0 Å². The molecule has 1 rings (SSSR count). The minimum atomic E-state index is -3.45. The molecule has 1 atom stereocenters. The van der Waals surface area contributed by atoms with Crippen molar-refractivity contribution >= 4 is 33.2 Å². The summed E-state index contributed by atoms with van der Waals surface area (Å²) < 4.78 is 26.0. The molecule has 102 valence electrons. The Morgan fingerprint density at radius 3 is 2.33 bits per heavy atom. The second-order valence-corrected chi connectivity index (χ2v) is 6.85. The first-order chi connectivity index (χ1) is 8.32. The van der Waals surface area contributed by atoms with Gasteiger partial charge in [0.2, 0.25) is 10.0 Å². The number of rotatable bonds is 6. The molecule has 0 amide bonds. The van der Waals surface area contributed by atoms with Crippen molar-refractivity contribution in [2.45, 2.75) is 12.7 Å². The van der Waals surface area contributed by atoms with Gasteiger partial charge in [-0.2, -0.15) is 0 Å². The summed E-state index contributed by atoms with van der Waals surface area (Å²) in [7, 11) is -3.45. The third kappa shape index (κ3) is 5.54. The Hall–Kier alpha value is -0.330. The number of sulfonamides is 1. The van der Waals surface area contributed by atoms with E-state index in [2.05, 4.69) is 4.72 Å². The highest BCUT2D eigenvalue weighted by Gasteiger charge is 2.13. The van der Waals surface area contributed by atoms with Crippen LogP contribution in [0.2, 0.25) is 10.0 Å². The average molecular weight is 312 g/mol. The van der Waals surface area contributed by atoms with Gasteiger partial charge < -0.3 is 5.11 Å². The van der Waals surface area contributed by atoms with Gasteiger partial charge in [-0.15, -0.1) is 0 Å². The lowest BCUT2D eigenvalue weighted by Gasteiger charge is -2.10. The summed E-state index contributed by atoms with van der Waals surface area (Å²) >= 11 is 11.6. The molecule has 0 aromatic heterocycles. The van der Waals surface area contributed by atoms with Gasteiger partial charge in [-0.3, -0.25) is 0 Å². The summed E-state index contributed by atoms with van der Waals surface area (Å²) in [6.07, 6.45) is 0. The second-order valence-electron chi connectivity index (χ2n) is 4.17. The molecule has 4 nitrogen and oxygen atoms in total. The highest BCUT2D eigenvalue weighted by Crippen LogP contribution is 2.20. The lowest BCUT2D eigenvalue weighted by molar-refractivity contribution is 0.238. The maximum atomic E-state index is 11.8. The van der Waals surface area contributed by atoms with Crippen molar-refractivity contribution in [3.63, 3.8) is 0 Å². The molecule has 0 radical (unpaired) electrons. The highest BCUT2D eigenvalue weighted by molar-refractivity contribution is 7.88. The first-order valence-electron chi connectivity index (χ1n) is 5.35. The molecule has 0 fully saturated rings. The SMILES string of the molecule is CC(CO)CNS(=O)(=O)Cc1cc(Cl)cc(Cl)c1. The number of aliphatic hydroxyl groups excluding tert-OH is 1. The average Bonchev–Trinajstić information content (AvgIpc) is 2.23. The molecule has 0 aliphatic rings. The zero-order chi connectivity index (χ0) is 13.8. The number of hydrogen-bond acceptors (Lipinski definition) is 3. The Bertz CT molecular complexity index is 485. The van der Waals surface area contributed by atoms with Crippen LogP contribution >= 0.6 is 23.2 Å². The molecule has 0 saturated carbocycles. The molecule has 0 heterocycles. The van der Waals surface area contributed by atoms with E-state index in [1.165, 1.54) is 0 Å². The predicted octanol–water partition coefficient (Wildman–Crippen LogP) is 2.04. The number of benzene rings is 1. The van der Waals surface area contributed by atoms with E-state index >= 15 is 0 Å². The lowest BCUT2D eigenvalue weighted by atomic mass is 10.2. The highest BCUT2D eigenvalue weighted by atomic mass is 35.5. The van der Waals surface area contributed by atoms with Crippen molar-refractivity contribution in [1.82, 2.24) is 4.72 Å². The first-order valence-corrected chi connectivity index (χ1v) is 7.76. The van der Waals surface area contributed by atoms with Crippen molar-refractivity contribution in [2.75, 3.05) is 13.2 Å². The number of nitrogens with one attached hydrogen (secondary N) is 1. The largest absolute Gasteiger partial charge is 0.396 e. The van der Waals surface area contributed by atoms with Gasteiger partial charge >= 0.3 is 0 Å². The zero-order valence-electron chi connectivity index (χ0n) is 9.86. The fourth-order valence-electron chi connectivity index (χ4n) is 1.30. The van der Waals surface area contributed by atoms with Crippen molar-refractivity contribution in [3.05, 3.63) is 33.8 Å². The smallest absolute Gasteiger partial charge is 0.215 e. The zero-order valence-corrected chi connectivity index (χ0v) is 12.2. The molecule has 1 aromatic rings. The second kappa shape index (κ2) is 6.73. The van der Waals surface area contributed by atoms with E-state index in [4.69, 9.17) is 28.3 Å². The van der Waals surface area contributed by atoms with E-state index in [0.717, 1.165) is 0 Å². The molecule has 1 unspecified atom stereocenters. The molecule has 0 bridgehead atoms. The topological polar surface area (TPSA) is 66.4 Å². The van der Waals surface area contributed by atoms with Gasteiger partial charge in [-0.1, -0.05) is 30.1 Å². The molecule has 7 heteroatoms. The third-order valence-electron chi connectivity index (χ3n) is 2.24. The van der Waals surface area contributed by atoms with E-state index in [1.54, 1.807) is 25.1 Å². The molecular formula is C11H15Cl2NO3S. The van der Waals surface area contributed by atoms with Gasteiger partial charge in [0.15, 0.2) is 0 Å². The molecule has 0 aliphatic carbocycles. The number of hydrogen-bond donors (Lipinski definition) is 2. The van der Waals surface area contributed by atoms with Crippen LogP contribution in [0.1, 0.15) is 12.5 Å². The van der Waals surface area contributed by atoms with Crippen LogP contribution in [0.25, 0.3) is 0 Å². The summed E-state index contributed by atoms with van der Waals surface area (Å²) in [5, 5.41) is 9.62. The van der Waals surface area contributed by atoms with Gasteiger partial charge in [-0.05, 0) is 29.7 Å². The van der Waals surface area contributed by atoms with Crippen molar-refractivity contribution in [1.29, 1.82) is 0 Å². The maximum absolute atomic E-state index is 11.8. The van der Waals surface area contributed by atoms with E-state index < -0.39 is 10.0 Å². The van der Waals surface area contributed by atoms with Crippen LogP contribution < -0.4 is 4.72 Å². The van der Waals surface area contributed by atoms with Crippen LogP contribution in [0.5, 0.6) is 0 Å². The van der Waals surface area contributed by atoms with Crippen molar-refractivity contribution in [2.24, 2.45) is 5.92 Å². The first kappa shape index (κ1) is 15.7. The Kier molecular flexibility index (Phi) is 5.88. The molecule has 0 spiro atoms. The fraction of sp³-hybridized carbons (Fsp3) is 0.455. The molecule has 0 aliphatic heterocycles. The van der Waals surface area contributed by atoms with Gasteiger partial charge in [0, 0.05) is 23.2 Å². The minimum Gasteiger partial charge on any atom is -0.396 e. The Balaban J connectivity index is 2.70. The van der Waals surface area contributed by atoms with E-state index in [9.17, 15) is 8.42 Å². The summed E-state index contributed by atoms with van der Waals surface area (Å²) in [5.41, 5.74) is 0.525. The maximum Gasteiger partial charge on any atom is 0.215 e.